The zero-order chi connectivity index (χ0) is 9.97. The predicted molar refractivity (Wildman–Crippen MR) is 56.6 cm³/mol. The van der Waals surface area contributed by atoms with Gasteiger partial charge in [-0.05, 0) is 0 Å². The highest BCUT2D eigenvalue weighted by molar-refractivity contribution is 7.81. The fourth-order valence-electron chi connectivity index (χ4n) is 1.05. The van der Waals surface area contributed by atoms with Crippen LogP contribution in [-0.2, 0) is 11.1 Å². The van der Waals surface area contributed by atoms with Crippen LogP contribution in [0.25, 0.3) is 10.6 Å². The Morgan fingerprint density at radius 1 is 1.29 bits per heavy atom. The Balaban J connectivity index is 2.39. The average Bonchev–Trinajstić information content (AvgIpc) is 2.68. The normalized spacial score (nSPS) is 12.6. The number of nitrogens with zero attached hydrogens (tertiary/aromatic N) is 1. The molecule has 2 aromatic rings. The van der Waals surface area contributed by atoms with E-state index >= 15 is 0 Å². The minimum absolute atomic E-state index is 0.379. The first-order valence-electron chi connectivity index (χ1n) is 3.89. The number of thiazole rings is 1. The molecule has 0 radical (unpaired) electrons. The first-order valence-corrected chi connectivity index (χ1v) is 5.82. The quantitative estimate of drug-likeness (QED) is 0.798. The zero-order valence-electron chi connectivity index (χ0n) is 7.08. The van der Waals surface area contributed by atoms with Crippen LogP contribution in [0.3, 0.4) is 0 Å². The monoisotopic (exact) mass is 225 g/mol. The Labute approximate surface area is 87.7 Å². The highest BCUT2D eigenvalue weighted by Gasteiger charge is 2.07. The van der Waals surface area contributed by atoms with Crippen LogP contribution in [0.5, 0.6) is 0 Å². The van der Waals surface area contributed by atoms with Gasteiger partial charge in [0.25, 0.3) is 0 Å². The molecule has 0 aliphatic rings. The van der Waals surface area contributed by atoms with Crippen molar-refractivity contribution in [2.45, 2.75) is 4.21 Å². The van der Waals surface area contributed by atoms with Crippen molar-refractivity contribution in [1.29, 1.82) is 0 Å². The molecule has 1 heterocycles. The molecule has 5 heteroatoms. The summed E-state index contributed by atoms with van der Waals surface area (Å²) in [4.78, 5) is 4.07. The second kappa shape index (κ2) is 4.00. The highest BCUT2D eigenvalue weighted by Crippen LogP contribution is 2.25. The van der Waals surface area contributed by atoms with Crippen LogP contribution < -0.4 is 0 Å². The molecule has 0 spiro atoms. The van der Waals surface area contributed by atoms with Gasteiger partial charge in [-0.2, -0.15) is 0 Å². The smallest absolute Gasteiger partial charge is 0.198 e. The van der Waals surface area contributed by atoms with Crippen molar-refractivity contribution in [3.8, 4) is 10.6 Å². The van der Waals surface area contributed by atoms with E-state index in [2.05, 4.69) is 4.98 Å². The highest BCUT2D eigenvalue weighted by atomic mass is 32.2. The zero-order valence-corrected chi connectivity index (χ0v) is 8.72. The molecule has 0 aliphatic carbocycles. The number of rotatable bonds is 2. The van der Waals surface area contributed by atoms with Crippen molar-refractivity contribution in [2.24, 2.45) is 0 Å². The van der Waals surface area contributed by atoms with Gasteiger partial charge < -0.3 is 4.55 Å². The van der Waals surface area contributed by atoms with Crippen LogP contribution in [0.2, 0.25) is 0 Å². The Bertz CT molecular complexity index is 453. The van der Waals surface area contributed by atoms with E-state index in [1.165, 1.54) is 17.5 Å². The Hall–Kier alpha value is -1.04. The van der Waals surface area contributed by atoms with E-state index in [0.29, 0.717) is 4.21 Å². The van der Waals surface area contributed by atoms with Gasteiger partial charge in [0.2, 0.25) is 0 Å². The van der Waals surface area contributed by atoms with Crippen molar-refractivity contribution in [3.63, 3.8) is 0 Å². The molecule has 1 aromatic heterocycles. The summed E-state index contributed by atoms with van der Waals surface area (Å²) in [6.07, 6.45) is 1.43. The molecule has 1 N–H and O–H groups in total. The maximum absolute atomic E-state index is 10.7. The van der Waals surface area contributed by atoms with Gasteiger partial charge in [-0.3, -0.25) is 0 Å². The third-order valence-electron chi connectivity index (χ3n) is 1.68. The van der Waals surface area contributed by atoms with Gasteiger partial charge in [0.1, 0.15) is 9.22 Å². The molecule has 1 atom stereocenters. The molecule has 0 fully saturated rings. The largest absolute Gasteiger partial charge is 0.302 e. The number of hydrogen-bond donors (Lipinski definition) is 1. The molecule has 0 amide bonds. The van der Waals surface area contributed by atoms with Gasteiger partial charge in [-0.1, -0.05) is 30.3 Å². The van der Waals surface area contributed by atoms with Crippen LogP contribution in [0.15, 0.2) is 40.7 Å². The topological polar surface area (TPSA) is 50.2 Å². The maximum atomic E-state index is 10.7. The second-order valence-corrected chi connectivity index (χ2v) is 4.83. The van der Waals surface area contributed by atoms with E-state index < -0.39 is 11.1 Å². The van der Waals surface area contributed by atoms with Crippen LogP contribution in [0.1, 0.15) is 0 Å². The lowest BCUT2D eigenvalue weighted by atomic mass is 10.2. The summed E-state index contributed by atoms with van der Waals surface area (Å²) in [6, 6.07) is 9.58. The van der Waals surface area contributed by atoms with E-state index in [1.54, 1.807) is 0 Å². The van der Waals surface area contributed by atoms with Crippen LogP contribution >= 0.6 is 11.3 Å². The molecule has 0 saturated carbocycles. The predicted octanol–water partition coefficient (Wildman–Crippen LogP) is 2.39. The summed E-state index contributed by atoms with van der Waals surface area (Å²) in [6.45, 7) is 0. The lowest BCUT2D eigenvalue weighted by molar-refractivity contribution is 0.566. The maximum Gasteiger partial charge on any atom is 0.198 e. The van der Waals surface area contributed by atoms with Crippen molar-refractivity contribution in [1.82, 2.24) is 4.98 Å². The lowest BCUT2D eigenvalue weighted by Crippen LogP contribution is -1.80. The van der Waals surface area contributed by atoms with Gasteiger partial charge in [0.05, 0.1) is 6.20 Å². The van der Waals surface area contributed by atoms with E-state index in [9.17, 15) is 4.21 Å². The van der Waals surface area contributed by atoms with Crippen molar-refractivity contribution in [3.05, 3.63) is 36.5 Å². The van der Waals surface area contributed by atoms with Crippen LogP contribution in [-0.4, -0.2) is 13.7 Å². The first kappa shape index (κ1) is 9.51. The van der Waals surface area contributed by atoms with Gasteiger partial charge in [-0.25, -0.2) is 9.19 Å². The van der Waals surface area contributed by atoms with Gasteiger partial charge in [0.15, 0.2) is 11.1 Å². The summed E-state index contributed by atoms with van der Waals surface area (Å²) in [5, 5.41) is 0.767. The van der Waals surface area contributed by atoms with E-state index in [1.807, 2.05) is 30.3 Å². The summed E-state index contributed by atoms with van der Waals surface area (Å²) < 4.78 is 19.9. The molecule has 14 heavy (non-hydrogen) atoms. The summed E-state index contributed by atoms with van der Waals surface area (Å²) in [5.74, 6) is 0. The molecule has 72 valence electrons. The molecular formula is C9H7NO2S2. The Morgan fingerprint density at radius 2 is 2.00 bits per heavy atom. The van der Waals surface area contributed by atoms with Gasteiger partial charge in [-0.15, -0.1) is 11.3 Å². The first-order chi connectivity index (χ1) is 6.77. The molecule has 1 aromatic carbocycles. The minimum Gasteiger partial charge on any atom is -0.302 e. The molecule has 0 aliphatic heterocycles. The molecule has 3 nitrogen and oxygen atoms in total. The van der Waals surface area contributed by atoms with E-state index in [-0.39, 0.29) is 0 Å². The van der Waals surface area contributed by atoms with Gasteiger partial charge >= 0.3 is 0 Å². The number of aromatic nitrogens is 1. The third-order valence-corrected chi connectivity index (χ3v) is 3.65. The van der Waals surface area contributed by atoms with E-state index in [0.717, 1.165) is 10.6 Å². The third kappa shape index (κ3) is 1.89. The fraction of sp³-hybridized carbons (Fsp3) is 0. The summed E-state index contributed by atoms with van der Waals surface area (Å²) in [5.41, 5.74) is 0.967. The second-order valence-electron chi connectivity index (χ2n) is 2.60. The van der Waals surface area contributed by atoms with Crippen molar-refractivity contribution >= 4 is 22.4 Å². The lowest BCUT2D eigenvalue weighted by Gasteiger charge is -1.92. The molecule has 1 unspecified atom stereocenters. The van der Waals surface area contributed by atoms with E-state index in [4.69, 9.17) is 4.55 Å². The Kier molecular flexibility index (Phi) is 2.72. The summed E-state index contributed by atoms with van der Waals surface area (Å²) >= 11 is -0.693. The van der Waals surface area contributed by atoms with Gasteiger partial charge in [0, 0.05) is 5.56 Å². The number of hydrogen-bond acceptors (Lipinski definition) is 3. The molecule has 0 bridgehead atoms. The fourth-order valence-corrected chi connectivity index (χ4v) is 2.37. The Morgan fingerprint density at radius 3 is 2.57 bits per heavy atom. The standard InChI is InChI=1S/C9H7NO2S2/c11-14(12)8-6-10-9(13-8)7-4-2-1-3-5-7/h1-6H,(H,11,12). The van der Waals surface area contributed by atoms with Crippen LogP contribution in [0, 0.1) is 0 Å². The molecule has 0 saturated heterocycles. The SMILES string of the molecule is O=S(O)c1cnc(-c2ccccc2)s1. The molecule has 2 rings (SSSR count). The number of benzene rings is 1. The molecular weight excluding hydrogens is 218 g/mol. The van der Waals surface area contributed by atoms with Crippen molar-refractivity contribution < 1.29 is 8.76 Å². The van der Waals surface area contributed by atoms with Crippen molar-refractivity contribution in [2.75, 3.05) is 0 Å². The summed E-state index contributed by atoms with van der Waals surface area (Å²) in [7, 11) is 0. The minimum atomic E-state index is -1.93. The average molecular weight is 225 g/mol. The van der Waals surface area contributed by atoms with Crippen LogP contribution in [0.4, 0.5) is 0 Å².